The lowest BCUT2D eigenvalue weighted by molar-refractivity contribution is 0.0939. The lowest BCUT2D eigenvalue weighted by Gasteiger charge is -2.13. The summed E-state index contributed by atoms with van der Waals surface area (Å²) in [5, 5.41) is 25.2. The molecule has 15 heteroatoms. The second kappa shape index (κ2) is 9.00. The monoisotopic (exact) mass is 507 g/mol. The highest BCUT2D eigenvalue weighted by Gasteiger charge is 2.25. The number of aromatic nitrogens is 10. The summed E-state index contributed by atoms with van der Waals surface area (Å²) in [5.41, 5.74) is 2.08. The highest BCUT2D eigenvalue weighted by atomic mass is 19.1. The Hall–Kier alpha value is -4.82. The largest absolute Gasteiger partial charge is 0.494 e. The van der Waals surface area contributed by atoms with Crippen LogP contribution < -0.4 is 10.1 Å². The number of tetrazole rings is 2. The maximum atomic E-state index is 15.0. The Morgan fingerprint density at radius 1 is 1.22 bits per heavy atom. The number of rotatable bonds is 8. The van der Waals surface area contributed by atoms with E-state index in [-0.39, 0.29) is 35.9 Å². The second-order valence-electron chi connectivity index (χ2n) is 8.52. The first-order chi connectivity index (χ1) is 18.0. The number of halogens is 2. The number of hydrogen-bond donors (Lipinski definition) is 1. The number of ether oxygens (including phenoxy) is 1. The number of amides is 1. The molecule has 0 bridgehead atoms. The molecule has 1 fully saturated rings. The van der Waals surface area contributed by atoms with Crippen LogP contribution in [0, 0.1) is 11.6 Å². The number of imidazole rings is 1. The Morgan fingerprint density at radius 2 is 2.08 bits per heavy atom. The Balaban J connectivity index is 1.17. The van der Waals surface area contributed by atoms with E-state index in [9.17, 15) is 13.6 Å². The molecule has 6 rings (SSSR count). The first kappa shape index (κ1) is 22.6. The number of hydrogen-bond acceptors (Lipinski definition) is 9. The molecule has 1 N–H and O–H groups in total. The Kier molecular flexibility index (Phi) is 5.50. The summed E-state index contributed by atoms with van der Waals surface area (Å²) in [5.74, 6) is -1.57. The van der Waals surface area contributed by atoms with Gasteiger partial charge >= 0.3 is 0 Å². The van der Waals surface area contributed by atoms with Gasteiger partial charge in [0.25, 0.3) is 11.7 Å². The highest BCUT2D eigenvalue weighted by molar-refractivity contribution is 5.90. The highest BCUT2D eigenvalue weighted by Crippen LogP contribution is 2.40. The van der Waals surface area contributed by atoms with E-state index in [0.29, 0.717) is 17.3 Å². The minimum absolute atomic E-state index is 0.00159. The molecule has 0 saturated heterocycles. The van der Waals surface area contributed by atoms with Crippen molar-refractivity contribution in [3.63, 3.8) is 0 Å². The van der Waals surface area contributed by atoms with E-state index in [2.05, 4.69) is 41.2 Å². The van der Waals surface area contributed by atoms with Crippen LogP contribution in [-0.2, 0) is 13.1 Å². The minimum Gasteiger partial charge on any atom is -0.494 e. The summed E-state index contributed by atoms with van der Waals surface area (Å²) >= 11 is 0. The average molecular weight is 507 g/mol. The Labute approximate surface area is 207 Å². The topological polar surface area (TPSA) is 143 Å². The van der Waals surface area contributed by atoms with E-state index in [1.165, 1.54) is 35.0 Å². The molecule has 0 atom stereocenters. The van der Waals surface area contributed by atoms with Crippen molar-refractivity contribution in [1.82, 2.24) is 55.1 Å². The number of benzene rings is 1. The van der Waals surface area contributed by atoms with Crippen LogP contribution in [0.15, 0.2) is 36.9 Å². The third kappa shape index (κ3) is 4.34. The molecule has 5 aromatic rings. The van der Waals surface area contributed by atoms with Crippen molar-refractivity contribution in [2.75, 3.05) is 7.11 Å². The van der Waals surface area contributed by atoms with Gasteiger partial charge in [0.15, 0.2) is 23.0 Å². The van der Waals surface area contributed by atoms with Gasteiger partial charge in [0.05, 0.1) is 18.5 Å². The molecular weight excluding hydrogens is 488 g/mol. The van der Waals surface area contributed by atoms with Crippen LogP contribution in [0.3, 0.4) is 0 Å². The summed E-state index contributed by atoms with van der Waals surface area (Å²) < 4.78 is 37.4. The third-order valence-corrected chi connectivity index (χ3v) is 6.01. The summed E-state index contributed by atoms with van der Waals surface area (Å²) in [4.78, 5) is 18.2. The van der Waals surface area contributed by atoms with Gasteiger partial charge in [-0.3, -0.25) is 4.79 Å². The maximum Gasteiger partial charge on any atom is 0.293 e. The molecule has 1 aliphatic carbocycles. The third-order valence-electron chi connectivity index (χ3n) is 6.01. The number of pyridine rings is 1. The molecule has 0 aliphatic heterocycles. The second-order valence-corrected chi connectivity index (χ2v) is 8.52. The van der Waals surface area contributed by atoms with Crippen LogP contribution in [-0.4, -0.2) is 62.8 Å². The molecule has 0 unspecified atom stereocenters. The van der Waals surface area contributed by atoms with Gasteiger partial charge in [-0.15, -0.1) is 15.3 Å². The molecule has 188 valence electrons. The van der Waals surface area contributed by atoms with Crippen molar-refractivity contribution >= 4 is 11.6 Å². The molecule has 13 nitrogen and oxygen atoms in total. The van der Waals surface area contributed by atoms with Gasteiger partial charge in [0.1, 0.15) is 12.9 Å². The average Bonchev–Trinajstić information content (AvgIpc) is 3.25. The molecule has 0 radical (unpaired) electrons. The van der Waals surface area contributed by atoms with Gasteiger partial charge in [-0.05, 0) is 58.2 Å². The van der Waals surface area contributed by atoms with Gasteiger partial charge in [0, 0.05) is 24.5 Å². The fourth-order valence-corrected chi connectivity index (χ4v) is 4.04. The number of nitrogens with one attached hydrogen (secondary N) is 1. The fraction of sp³-hybridized carbons (Fsp3) is 0.273. The van der Waals surface area contributed by atoms with Gasteiger partial charge in [0.2, 0.25) is 0 Å². The van der Waals surface area contributed by atoms with Gasteiger partial charge < -0.3 is 14.5 Å². The predicted octanol–water partition coefficient (Wildman–Crippen LogP) is 1.44. The molecule has 1 amide bonds. The summed E-state index contributed by atoms with van der Waals surface area (Å²) in [6, 6.07) is 4.53. The van der Waals surface area contributed by atoms with Crippen molar-refractivity contribution < 1.29 is 18.3 Å². The number of methoxy groups -OCH3 is 1. The zero-order chi connectivity index (χ0) is 25.5. The lowest BCUT2D eigenvalue weighted by Crippen LogP contribution is -2.25. The molecule has 0 spiro atoms. The van der Waals surface area contributed by atoms with Crippen molar-refractivity contribution in [3.05, 3.63) is 71.2 Å². The van der Waals surface area contributed by atoms with Crippen LogP contribution in [0.1, 0.15) is 46.2 Å². The lowest BCUT2D eigenvalue weighted by atomic mass is 10.1. The fourth-order valence-electron chi connectivity index (χ4n) is 4.04. The maximum absolute atomic E-state index is 15.0. The van der Waals surface area contributed by atoms with E-state index in [4.69, 9.17) is 4.74 Å². The molecule has 37 heavy (non-hydrogen) atoms. The van der Waals surface area contributed by atoms with Gasteiger partial charge in [-0.2, -0.15) is 4.80 Å². The van der Waals surface area contributed by atoms with Crippen LogP contribution in [0.2, 0.25) is 0 Å². The predicted molar refractivity (Wildman–Crippen MR) is 121 cm³/mol. The van der Waals surface area contributed by atoms with E-state index in [1.807, 2.05) is 6.20 Å². The smallest absolute Gasteiger partial charge is 0.293 e. The van der Waals surface area contributed by atoms with E-state index >= 15 is 0 Å². The van der Waals surface area contributed by atoms with Crippen molar-refractivity contribution in [2.24, 2.45) is 0 Å². The first-order valence-corrected chi connectivity index (χ1v) is 11.3. The molecule has 1 aromatic carbocycles. The molecule has 1 saturated carbocycles. The van der Waals surface area contributed by atoms with Crippen LogP contribution >= 0.6 is 0 Å². The zero-order valence-electron chi connectivity index (χ0n) is 19.4. The molecular formula is C22H19F2N11O2. The van der Waals surface area contributed by atoms with E-state index in [0.717, 1.165) is 18.4 Å². The van der Waals surface area contributed by atoms with Crippen LogP contribution in [0.5, 0.6) is 5.75 Å². The summed E-state index contributed by atoms with van der Waals surface area (Å²) in [6.45, 7) is -0.144. The number of carbonyl (C=O) groups excluding carboxylic acids is 1. The van der Waals surface area contributed by atoms with Crippen molar-refractivity contribution in [2.45, 2.75) is 31.8 Å². The summed E-state index contributed by atoms with van der Waals surface area (Å²) in [6.07, 6.45) is 6.99. The summed E-state index contributed by atoms with van der Waals surface area (Å²) in [7, 11) is 1.34. The molecule has 4 heterocycles. The zero-order valence-corrected chi connectivity index (χ0v) is 19.4. The van der Waals surface area contributed by atoms with E-state index < -0.39 is 17.5 Å². The number of fused-ring (bicyclic) bond motifs is 1. The SMILES string of the molecule is COc1ccc(-n2cnnn2)c(CNC(=O)c2nnn(Cc3cn4cc(C5CC5)cc(F)c4n3)n2)c1F. The van der Waals surface area contributed by atoms with E-state index in [1.54, 1.807) is 16.7 Å². The Morgan fingerprint density at radius 3 is 2.84 bits per heavy atom. The number of nitrogens with zero attached hydrogens (tertiary/aromatic N) is 10. The van der Waals surface area contributed by atoms with Crippen LogP contribution in [0.4, 0.5) is 8.78 Å². The normalized spacial score (nSPS) is 13.3. The van der Waals surface area contributed by atoms with Gasteiger partial charge in [-0.1, -0.05) is 0 Å². The molecule has 4 aromatic heterocycles. The first-order valence-electron chi connectivity index (χ1n) is 11.3. The quantitative estimate of drug-likeness (QED) is 0.330. The number of carbonyl (C=O) groups is 1. The minimum atomic E-state index is -0.675. The van der Waals surface area contributed by atoms with Crippen molar-refractivity contribution in [1.29, 1.82) is 0 Å². The van der Waals surface area contributed by atoms with Gasteiger partial charge in [-0.25, -0.2) is 18.4 Å². The molecule has 1 aliphatic rings. The standard InChI is InChI=1S/C22H19F2N11O2/c1-37-18-5-4-17(34-11-26-30-32-34)15(19(18)24)7-25-22(36)20-28-31-35(29-20)10-14-9-33-8-13(12-2-3-12)6-16(23)21(33)27-14/h4-6,8-9,11-12H,2-3,7,10H2,1H3,(H,25,36). The Bertz CT molecular complexity index is 1610. The van der Waals surface area contributed by atoms with Crippen LogP contribution in [0.25, 0.3) is 11.3 Å². The van der Waals surface area contributed by atoms with Crippen molar-refractivity contribution in [3.8, 4) is 11.4 Å².